The lowest BCUT2D eigenvalue weighted by molar-refractivity contribution is -0.136. The molecule has 3 N–H and O–H groups in total. The van der Waals surface area contributed by atoms with Crippen LogP contribution in [0.1, 0.15) is 30.9 Å². The highest BCUT2D eigenvalue weighted by Gasteiger charge is 2.52. The molecule has 0 bridgehead atoms. The molecule has 148 valence electrons. The largest absolute Gasteiger partial charge is 0.350 e. The van der Waals surface area contributed by atoms with Crippen molar-refractivity contribution in [1.29, 1.82) is 0 Å². The summed E-state index contributed by atoms with van der Waals surface area (Å²) in [5.74, 6) is -0.563. The second-order valence-electron chi connectivity index (χ2n) is 7.25. The Bertz CT molecular complexity index is 721. The number of benzene rings is 1. The second-order valence-corrected chi connectivity index (χ2v) is 7.25. The van der Waals surface area contributed by atoms with E-state index >= 15 is 0 Å². The molecule has 4 amide bonds. The van der Waals surface area contributed by atoms with E-state index < -0.39 is 11.6 Å². The van der Waals surface area contributed by atoms with Crippen LogP contribution >= 0.6 is 12.4 Å². The lowest BCUT2D eigenvalue weighted by Gasteiger charge is -2.34. The van der Waals surface area contributed by atoms with Gasteiger partial charge in [-0.25, -0.2) is 4.79 Å². The summed E-state index contributed by atoms with van der Waals surface area (Å²) in [4.78, 5) is 38.5. The van der Waals surface area contributed by atoms with Gasteiger partial charge < -0.3 is 16.0 Å². The molecule has 2 saturated heterocycles. The summed E-state index contributed by atoms with van der Waals surface area (Å²) < 4.78 is 0. The van der Waals surface area contributed by atoms with Crippen LogP contribution in [-0.2, 0) is 16.1 Å². The number of carbonyl (C=O) groups excluding carboxylic acids is 3. The fourth-order valence-corrected chi connectivity index (χ4v) is 3.74. The van der Waals surface area contributed by atoms with Crippen molar-refractivity contribution in [1.82, 2.24) is 20.9 Å². The van der Waals surface area contributed by atoms with Crippen molar-refractivity contribution < 1.29 is 14.4 Å². The summed E-state index contributed by atoms with van der Waals surface area (Å²) >= 11 is 0. The number of hydrogen-bond acceptors (Lipinski definition) is 4. The monoisotopic (exact) mass is 394 g/mol. The lowest BCUT2D eigenvalue weighted by Crippen LogP contribution is -2.53. The van der Waals surface area contributed by atoms with E-state index in [-0.39, 0.29) is 36.7 Å². The van der Waals surface area contributed by atoms with E-state index in [1.807, 2.05) is 31.2 Å². The summed E-state index contributed by atoms with van der Waals surface area (Å²) in [5.41, 5.74) is 1.18. The van der Waals surface area contributed by atoms with E-state index in [1.54, 1.807) is 6.92 Å². The first-order chi connectivity index (χ1) is 12.4. The Balaban J connectivity index is 0.00000261. The van der Waals surface area contributed by atoms with Crippen LogP contribution < -0.4 is 16.0 Å². The normalized spacial score (nSPS) is 23.0. The molecule has 1 aromatic carbocycles. The number of urea groups is 1. The predicted octanol–water partition coefficient (Wildman–Crippen LogP) is 1.34. The van der Waals surface area contributed by atoms with Gasteiger partial charge in [-0.15, -0.1) is 12.4 Å². The number of nitrogens with one attached hydrogen (secondary N) is 3. The molecule has 1 aromatic rings. The first kappa shape index (κ1) is 21.2. The van der Waals surface area contributed by atoms with Gasteiger partial charge in [0.1, 0.15) is 12.1 Å². The Morgan fingerprint density at radius 3 is 2.59 bits per heavy atom. The first-order valence-corrected chi connectivity index (χ1v) is 9.08. The molecule has 1 atom stereocenters. The standard InChI is InChI=1S/C19H26N4O3.ClH/c1-13-5-3-4-6-14(13)11-21-16(24)12-23-17(25)19(2,22-18(23)26)15-7-9-20-10-8-15;/h3-6,15,20H,7-12H2,1-2H3,(H,21,24)(H,22,26);1H. The predicted molar refractivity (Wildman–Crippen MR) is 105 cm³/mol. The molecule has 1 unspecified atom stereocenters. The van der Waals surface area contributed by atoms with Gasteiger partial charge in [-0.3, -0.25) is 14.5 Å². The average Bonchev–Trinajstić information content (AvgIpc) is 2.86. The molecule has 8 heteroatoms. The maximum Gasteiger partial charge on any atom is 0.325 e. The van der Waals surface area contributed by atoms with E-state index in [9.17, 15) is 14.4 Å². The number of aryl methyl sites for hydroxylation is 1. The van der Waals surface area contributed by atoms with Crippen molar-refractivity contribution in [2.45, 2.75) is 38.8 Å². The van der Waals surface area contributed by atoms with Gasteiger partial charge in [0.15, 0.2) is 0 Å². The first-order valence-electron chi connectivity index (χ1n) is 9.08. The molecule has 0 saturated carbocycles. The summed E-state index contributed by atoms with van der Waals surface area (Å²) in [5, 5.41) is 8.87. The minimum Gasteiger partial charge on any atom is -0.350 e. The molecular weight excluding hydrogens is 368 g/mol. The van der Waals surface area contributed by atoms with E-state index in [1.165, 1.54) is 0 Å². The van der Waals surface area contributed by atoms with Crippen LogP contribution in [0.4, 0.5) is 4.79 Å². The lowest BCUT2D eigenvalue weighted by atomic mass is 9.79. The Labute approximate surface area is 165 Å². The van der Waals surface area contributed by atoms with Crippen LogP contribution in [0.15, 0.2) is 24.3 Å². The fourth-order valence-electron chi connectivity index (χ4n) is 3.74. The number of halogens is 1. The number of carbonyl (C=O) groups is 3. The van der Waals surface area contributed by atoms with Gasteiger partial charge in [0.25, 0.3) is 5.91 Å². The Morgan fingerprint density at radius 1 is 1.26 bits per heavy atom. The van der Waals surface area contributed by atoms with Crippen LogP contribution in [0.25, 0.3) is 0 Å². The minimum absolute atomic E-state index is 0. The number of hydrogen-bond donors (Lipinski definition) is 3. The SMILES string of the molecule is Cc1ccccc1CNC(=O)CN1C(=O)NC(C)(C2CCNCC2)C1=O.Cl. The van der Waals surface area contributed by atoms with Gasteiger partial charge in [0, 0.05) is 6.54 Å². The number of piperidine rings is 1. The zero-order valence-corrected chi connectivity index (χ0v) is 16.5. The summed E-state index contributed by atoms with van der Waals surface area (Å²) in [7, 11) is 0. The zero-order valence-electron chi connectivity index (χ0n) is 15.7. The zero-order chi connectivity index (χ0) is 18.7. The highest BCUT2D eigenvalue weighted by atomic mass is 35.5. The number of amides is 4. The smallest absolute Gasteiger partial charge is 0.325 e. The highest BCUT2D eigenvalue weighted by molar-refractivity contribution is 6.09. The molecule has 3 rings (SSSR count). The van der Waals surface area contributed by atoms with Crippen molar-refractivity contribution in [2.75, 3.05) is 19.6 Å². The third-order valence-electron chi connectivity index (χ3n) is 5.50. The maximum atomic E-state index is 12.8. The van der Waals surface area contributed by atoms with Crippen LogP contribution in [0.2, 0.25) is 0 Å². The molecule has 0 aromatic heterocycles. The molecule has 27 heavy (non-hydrogen) atoms. The average molecular weight is 395 g/mol. The Hall–Kier alpha value is -2.12. The molecule has 2 aliphatic heterocycles. The van der Waals surface area contributed by atoms with Gasteiger partial charge in [-0.05, 0) is 56.8 Å². The Morgan fingerprint density at radius 2 is 1.93 bits per heavy atom. The molecule has 7 nitrogen and oxygen atoms in total. The Kier molecular flexibility index (Phi) is 6.84. The van der Waals surface area contributed by atoms with Gasteiger partial charge in [0.2, 0.25) is 5.91 Å². The third-order valence-corrected chi connectivity index (χ3v) is 5.50. The van der Waals surface area contributed by atoms with E-state index in [0.29, 0.717) is 6.54 Å². The maximum absolute atomic E-state index is 12.8. The van der Waals surface area contributed by atoms with E-state index in [0.717, 1.165) is 42.0 Å². The van der Waals surface area contributed by atoms with E-state index in [2.05, 4.69) is 16.0 Å². The molecule has 0 aliphatic carbocycles. The van der Waals surface area contributed by atoms with Crippen molar-refractivity contribution in [3.63, 3.8) is 0 Å². The topological polar surface area (TPSA) is 90.5 Å². The minimum atomic E-state index is -0.921. The van der Waals surface area contributed by atoms with Crippen LogP contribution in [0, 0.1) is 12.8 Å². The number of imide groups is 1. The molecule has 0 spiro atoms. The molecule has 2 aliphatic rings. The summed E-state index contributed by atoms with van der Waals surface area (Å²) in [6, 6.07) is 7.29. The quantitative estimate of drug-likeness (QED) is 0.657. The number of rotatable bonds is 5. The van der Waals surface area contributed by atoms with Gasteiger partial charge >= 0.3 is 6.03 Å². The molecular formula is C19H27ClN4O3. The van der Waals surface area contributed by atoms with Crippen LogP contribution in [0.5, 0.6) is 0 Å². The summed E-state index contributed by atoms with van der Waals surface area (Å²) in [6.45, 7) is 5.54. The van der Waals surface area contributed by atoms with Crippen molar-refractivity contribution in [3.05, 3.63) is 35.4 Å². The van der Waals surface area contributed by atoms with Crippen LogP contribution in [0.3, 0.4) is 0 Å². The van der Waals surface area contributed by atoms with Gasteiger partial charge in [-0.2, -0.15) is 0 Å². The molecule has 2 fully saturated rings. The third kappa shape index (κ3) is 4.42. The molecule has 2 heterocycles. The van der Waals surface area contributed by atoms with Gasteiger partial charge in [0.05, 0.1) is 0 Å². The van der Waals surface area contributed by atoms with Crippen molar-refractivity contribution >= 4 is 30.3 Å². The van der Waals surface area contributed by atoms with Crippen molar-refractivity contribution in [2.24, 2.45) is 5.92 Å². The van der Waals surface area contributed by atoms with Crippen molar-refractivity contribution in [3.8, 4) is 0 Å². The van der Waals surface area contributed by atoms with E-state index in [4.69, 9.17) is 0 Å². The van der Waals surface area contributed by atoms with Crippen LogP contribution in [-0.4, -0.2) is 47.9 Å². The summed E-state index contributed by atoms with van der Waals surface area (Å²) in [6.07, 6.45) is 1.66. The van der Waals surface area contributed by atoms with Gasteiger partial charge in [-0.1, -0.05) is 24.3 Å². The second kappa shape index (κ2) is 8.71. The fraction of sp³-hybridized carbons (Fsp3) is 0.526. The number of nitrogens with zero attached hydrogens (tertiary/aromatic N) is 1. The molecule has 0 radical (unpaired) electrons. The highest BCUT2D eigenvalue weighted by Crippen LogP contribution is 2.31.